The van der Waals surface area contributed by atoms with Gasteiger partial charge in [-0.15, -0.1) is 0 Å². The van der Waals surface area contributed by atoms with E-state index in [9.17, 15) is 4.79 Å². The predicted octanol–water partition coefficient (Wildman–Crippen LogP) is 3.66. The van der Waals surface area contributed by atoms with Gasteiger partial charge in [-0.25, -0.2) is 4.79 Å². The third-order valence-electron chi connectivity index (χ3n) is 4.44. The van der Waals surface area contributed by atoms with Crippen molar-refractivity contribution in [3.8, 4) is 0 Å². The molecule has 0 aromatic carbocycles. The van der Waals surface area contributed by atoms with Gasteiger partial charge in [-0.05, 0) is 31.2 Å². The van der Waals surface area contributed by atoms with Gasteiger partial charge < -0.3 is 16.4 Å². The fraction of sp³-hybridized carbons (Fsp3) is 0.941. The Kier molecular flexibility index (Phi) is 12.5. The zero-order valence-corrected chi connectivity index (χ0v) is 14.6. The number of unbranched alkanes of at least 4 members (excludes halogenated alkanes) is 2. The van der Waals surface area contributed by atoms with Crippen LogP contribution in [0.5, 0.6) is 0 Å². The van der Waals surface area contributed by atoms with Gasteiger partial charge in [0.25, 0.3) is 0 Å². The Hall–Kier alpha value is -0.770. The first kappa shape index (κ1) is 20.2. The van der Waals surface area contributed by atoms with Gasteiger partial charge >= 0.3 is 6.03 Å². The Balaban J connectivity index is 4.73. The minimum atomic E-state index is -0.414. The summed E-state index contributed by atoms with van der Waals surface area (Å²) in [5.41, 5.74) is 5.24. The summed E-state index contributed by atoms with van der Waals surface area (Å²) < 4.78 is 0. The molecule has 0 rings (SSSR count). The van der Waals surface area contributed by atoms with Gasteiger partial charge in [0.05, 0.1) is 0 Å². The van der Waals surface area contributed by atoms with Crippen molar-refractivity contribution in [2.24, 2.45) is 17.6 Å². The maximum absolute atomic E-state index is 11.0. The van der Waals surface area contributed by atoms with E-state index in [2.05, 4.69) is 38.3 Å². The molecule has 0 aliphatic heterocycles. The van der Waals surface area contributed by atoms with Gasteiger partial charge in [-0.2, -0.15) is 0 Å². The number of urea groups is 1. The number of nitrogens with two attached hydrogens (primary N) is 1. The highest BCUT2D eigenvalue weighted by Crippen LogP contribution is 2.24. The highest BCUT2D eigenvalue weighted by atomic mass is 16.2. The highest BCUT2D eigenvalue weighted by Gasteiger charge is 2.26. The van der Waals surface area contributed by atoms with Gasteiger partial charge in [-0.3, -0.25) is 0 Å². The van der Waals surface area contributed by atoms with Gasteiger partial charge in [0.2, 0.25) is 0 Å². The number of hydrogen-bond donors (Lipinski definition) is 3. The first-order valence-electron chi connectivity index (χ1n) is 8.87. The van der Waals surface area contributed by atoms with Crippen LogP contribution < -0.4 is 16.4 Å². The Bertz CT molecular complexity index is 258. The SMILES string of the molecule is CCCCNC(C(CC)CCCC)C(CC)CNC(N)=O. The fourth-order valence-electron chi connectivity index (χ4n) is 3.02. The maximum atomic E-state index is 11.0. The van der Waals surface area contributed by atoms with Crippen LogP contribution in [0.15, 0.2) is 0 Å². The number of amides is 2. The monoisotopic (exact) mass is 299 g/mol. The number of carbonyl (C=O) groups is 1. The van der Waals surface area contributed by atoms with Crippen molar-refractivity contribution >= 4 is 6.03 Å². The van der Waals surface area contributed by atoms with E-state index in [1.165, 1.54) is 38.5 Å². The number of hydrogen-bond acceptors (Lipinski definition) is 2. The van der Waals surface area contributed by atoms with Gasteiger partial charge in [0.15, 0.2) is 0 Å². The lowest BCUT2D eigenvalue weighted by Crippen LogP contribution is -2.47. The van der Waals surface area contributed by atoms with E-state index < -0.39 is 6.03 Å². The molecule has 0 fully saturated rings. The summed E-state index contributed by atoms with van der Waals surface area (Å²) in [6, 6.07) is 0.0623. The zero-order valence-electron chi connectivity index (χ0n) is 14.6. The number of primary amides is 1. The van der Waals surface area contributed by atoms with E-state index >= 15 is 0 Å². The Morgan fingerprint density at radius 1 is 1.00 bits per heavy atom. The van der Waals surface area contributed by atoms with E-state index in [-0.39, 0.29) is 0 Å². The van der Waals surface area contributed by atoms with Crippen LogP contribution in [-0.4, -0.2) is 25.2 Å². The molecule has 2 amide bonds. The largest absolute Gasteiger partial charge is 0.352 e. The molecule has 4 nitrogen and oxygen atoms in total. The first-order valence-corrected chi connectivity index (χ1v) is 8.87. The summed E-state index contributed by atoms with van der Waals surface area (Å²) in [7, 11) is 0. The summed E-state index contributed by atoms with van der Waals surface area (Å²) in [5.74, 6) is 1.14. The molecule has 0 heterocycles. The Morgan fingerprint density at radius 2 is 1.62 bits per heavy atom. The van der Waals surface area contributed by atoms with Crippen LogP contribution in [0.25, 0.3) is 0 Å². The second-order valence-corrected chi connectivity index (χ2v) is 6.06. The minimum absolute atomic E-state index is 0.414. The normalized spacial score (nSPS) is 15.4. The standard InChI is InChI=1S/C17H37N3O/c1-5-9-11-14(7-3)16(19-12-10-6-2)15(8-4)13-20-17(18)21/h14-16,19H,5-13H2,1-4H3,(H3,18,20,21). The summed E-state index contributed by atoms with van der Waals surface area (Å²) in [5, 5.41) is 6.56. The molecule has 0 aliphatic carbocycles. The lowest BCUT2D eigenvalue weighted by Gasteiger charge is -2.34. The molecule has 3 unspecified atom stereocenters. The average Bonchev–Trinajstić information content (AvgIpc) is 2.47. The van der Waals surface area contributed by atoms with E-state index in [1.807, 2.05) is 0 Å². The molecule has 0 radical (unpaired) electrons. The fourth-order valence-corrected chi connectivity index (χ4v) is 3.02. The molecule has 0 aliphatic rings. The third-order valence-corrected chi connectivity index (χ3v) is 4.44. The number of carbonyl (C=O) groups excluding carboxylic acids is 1. The average molecular weight is 300 g/mol. The highest BCUT2D eigenvalue weighted by molar-refractivity contribution is 5.71. The molecular formula is C17H37N3O. The smallest absolute Gasteiger partial charge is 0.312 e. The first-order chi connectivity index (χ1) is 10.1. The van der Waals surface area contributed by atoms with Crippen molar-refractivity contribution in [1.29, 1.82) is 0 Å². The van der Waals surface area contributed by atoms with Crippen LogP contribution in [0.2, 0.25) is 0 Å². The summed E-state index contributed by atoms with van der Waals surface area (Å²) in [6.07, 6.45) is 8.47. The van der Waals surface area contributed by atoms with Crippen LogP contribution in [0, 0.1) is 11.8 Å². The lowest BCUT2D eigenvalue weighted by molar-refractivity contribution is 0.217. The molecule has 0 saturated heterocycles. The van der Waals surface area contributed by atoms with E-state index in [1.54, 1.807) is 0 Å². The third kappa shape index (κ3) is 8.97. The van der Waals surface area contributed by atoms with Crippen molar-refractivity contribution in [3.63, 3.8) is 0 Å². The van der Waals surface area contributed by atoms with Gasteiger partial charge in [0.1, 0.15) is 0 Å². The van der Waals surface area contributed by atoms with Crippen LogP contribution in [0.1, 0.15) is 72.6 Å². The lowest BCUT2D eigenvalue weighted by atomic mass is 9.82. The summed E-state index contributed by atoms with van der Waals surface area (Å²) >= 11 is 0. The molecular weight excluding hydrogens is 262 g/mol. The minimum Gasteiger partial charge on any atom is -0.352 e. The summed E-state index contributed by atoms with van der Waals surface area (Å²) in [6.45, 7) is 10.7. The molecule has 0 bridgehead atoms. The Labute approximate surface area is 131 Å². The maximum Gasteiger partial charge on any atom is 0.312 e. The molecule has 0 saturated carbocycles. The van der Waals surface area contributed by atoms with Crippen LogP contribution in [0.4, 0.5) is 4.79 Å². The van der Waals surface area contributed by atoms with Crippen molar-refractivity contribution in [1.82, 2.24) is 10.6 Å². The van der Waals surface area contributed by atoms with Gasteiger partial charge in [-0.1, -0.05) is 59.8 Å². The molecule has 4 heteroatoms. The quantitative estimate of drug-likeness (QED) is 0.454. The van der Waals surface area contributed by atoms with Crippen molar-refractivity contribution in [2.45, 2.75) is 78.7 Å². The van der Waals surface area contributed by atoms with E-state index in [4.69, 9.17) is 5.73 Å². The van der Waals surface area contributed by atoms with E-state index in [0.717, 1.165) is 13.0 Å². The zero-order chi connectivity index (χ0) is 16.1. The van der Waals surface area contributed by atoms with Crippen molar-refractivity contribution in [3.05, 3.63) is 0 Å². The second kappa shape index (κ2) is 12.9. The molecule has 3 atom stereocenters. The summed E-state index contributed by atoms with van der Waals surface area (Å²) in [4.78, 5) is 11.0. The molecule has 21 heavy (non-hydrogen) atoms. The van der Waals surface area contributed by atoms with Crippen molar-refractivity contribution in [2.75, 3.05) is 13.1 Å². The molecule has 0 aromatic rings. The van der Waals surface area contributed by atoms with Crippen LogP contribution in [0.3, 0.4) is 0 Å². The molecule has 0 spiro atoms. The molecule has 0 aromatic heterocycles. The number of nitrogens with one attached hydrogen (secondary N) is 2. The Morgan fingerprint density at radius 3 is 2.10 bits per heavy atom. The van der Waals surface area contributed by atoms with Crippen molar-refractivity contribution < 1.29 is 4.79 Å². The van der Waals surface area contributed by atoms with E-state index in [0.29, 0.717) is 24.4 Å². The van der Waals surface area contributed by atoms with Gasteiger partial charge in [0, 0.05) is 12.6 Å². The molecule has 126 valence electrons. The predicted molar refractivity (Wildman–Crippen MR) is 91.4 cm³/mol. The number of rotatable bonds is 13. The van der Waals surface area contributed by atoms with Crippen LogP contribution in [-0.2, 0) is 0 Å². The second-order valence-electron chi connectivity index (χ2n) is 6.06. The topological polar surface area (TPSA) is 67.2 Å². The molecule has 4 N–H and O–H groups in total. The van der Waals surface area contributed by atoms with Crippen LogP contribution >= 0.6 is 0 Å².